The van der Waals surface area contributed by atoms with Gasteiger partial charge in [0, 0.05) is 25.2 Å². The van der Waals surface area contributed by atoms with Gasteiger partial charge in [0.1, 0.15) is 5.75 Å². The molecule has 1 aromatic rings. The normalized spacial score (nSPS) is 11.8. The third-order valence-electron chi connectivity index (χ3n) is 2.47. The molecular weight excluding hydrogens is 282 g/mol. The lowest BCUT2D eigenvalue weighted by Gasteiger charge is -2.05. The van der Waals surface area contributed by atoms with Crippen molar-refractivity contribution in [2.45, 2.75) is 11.3 Å². The zero-order chi connectivity index (χ0) is 15.0. The zero-order valence-corrected chi connectivity index (χ0v) is 11.9. The minimum absolute atomic E-state index is 0.120. The van der Waals surface area contributed by atoms with Gasteiger partial charge in [0.05, 0.1) is 16.4 Å². The van der Waals surface area contributed by atoms with Gasteiger partial charge in [0.25, 0.3) is 0 Å². The first-order chi connectivity index (χ1) is 9.54. The highest BCUT2D eigenvalue weighted by Gasteiger charge is 2.11. The Hall–Kier alpha value is -1.73. The van der Waals surface area contributed by atoms with Crippen LogP contribution in [-0.4, -0.2) is 47.2 Å². The van der Waals surface area contributed by atoms with E-state index in [4.69, 9.17) is 9.84 Å². The van der Waals surface area contributed by atoms with Gasteiger partial charge in [-0.1, -0.05) is 0 Å². The number of nitrogens with one attached hydrogen (secondary N) is 1. The molecule has 20 heavy (non-hydrogen) atoms. The average Bonchev–Trinajstić information content (AvgIpc) is 2.43. The van der Waals surface area contributed by atoms with Gasteiger partial charge in [-0.25, -0.2) is 4.79 Å². The zero-order valence-electron chi connectivity index (χ0n) is 11.1. The molecule has 0 fully saturated rings. The molecule has 0 saturated carbocycles. The molecule has 0 bridgehead atoms. The number of methoxy groups -OCH3 is 1. The Bertz CT molecular complexity index is 486. The average molecular weight is 299 g/mol. The van der Waals surface area contributed by atoms with E-state index in [-0.39, 0.29) is 17.2 Å². The maximum atomic E-state index is 11.9. The Balaban J connectivity index is 2.45. The number of benzene rings is 1. The predicted molar refractivity (Wildman–Crippen MR) is 74.2 cm³/mol. The van der Waals surface area contributed by atoms with E-state index in [9.17, 15) is 13.8 Å². The minimum Gasteiger partial charge on any atom is -0.478 e. The van der Waals surface area contributed by atoms with Gasteiger partial charge in [-0.2, -0.15) is 0 Å². The molecule has 0 aliphatic heterocycles. The summed E-state index contributed by atoms with van der Waals surface area (Å²) in [4.78, 5) is 22.6. The molecule has 2 N–H and O–H groups in total. The fraction of sp³-hybridized carbons (Fsp3) is 0.385. The van der Waals surface area contributed by atoms with E-state index in [1.807, 2.05) is 0 Å². The van der Waals surface area contributed by atoms with E-state index in [0.29, 0.717) is 24.5 Å². The van der Waals surface area contributed by atoms with E-state index < -0.39 is 16.8 Å². The summed E-state index contributed by atoms with van der Waals surface area (Å²) in [6.45, 7) is 1.03. The van der Waals surface area contributed by atoms with Crippen LogP contribution in [0.2, 0.25) is 0 Å². The molecule has 1 aromatic carbocycles. The van der Waals surface area contributed by atoms with Crippen LogP contribution in [0.5, 0.6) is 0 Å². The van der Waals surface area contributed by atoms with Gasteiger partial charge in [0.15, 0.2) is 0 Å². The maximum absolute atomic E-state index is 11.9. The highest BCUT2D eigenvalue weighted by molar-refractivity contribution is 7.85. The predicted octanol–water partition coefficient (Wildman–Crippen LogP) is 0.645. The quantitative estimate of drug-likeness (QED) is 0.687. The van der Waals surface area contributed by atoms with Crippen molar-refractivity contribution in [1.82, 2.24) is 5.32 Å². The second-order valence-corrected chi connectivity index (χ2v) is 5.47. The first-order valence-electron chi connectivity index (χ1n) is 6.02. The molecule has 1 rings (SSSR count). The Morgan fingerprint density at radius 3 is 2.50 bits per heavy atom. The number of rotatable bonds is 8. The fourth-order valence-electron chi connectivity index (χ4n) is 1.45. The van der Waals surface area contributed by atoms with Crippen molar-refractivity contribution < 1.29 is 23.6 Å². The second kappa shape index (κ2) is 8.44. The van der Waals surface area contributed by atoms with Crippen molar-refractivity contribution in [3.8, 4) is 0 Å². The minimum atomic E-state index is -1.48. The van der Waals surface area contributed by atoms with Crippen LogP contribution in [0.15, 0.2) is 29.2 Å². The maximum Gasteiger partial charge on any atom is 0.335 e. The smallest absolute Gasteiger partial charge is 0.335 e. The summed E-state index contributed by atoms with van der Waals surface area (Å²) >= 11 is 0. The van der Waals surface area contributed by atoms with Crippen molar-refractivity contribution in [2.75, 3.05) is 26.0 Å². The van der Waals surface area contributed by atoms with Gasteiger partial charge < -0.3 is 15.2 Å². The largest absolute Gasteiger partial charge is 0.478 e. The van der Waals surface area contributed by atoms with E-state index >= 15 is 0 Å². The number of carboxylic acids is 1. The first-order valence-corrected chi connectivity index (χ1v) is 7.34. The molecule has 0 aliphatic carbocycles. The molecule has 0 aliphatic rings. The lowest BCUT2D eigenvalue weighted by Crippen LogP contribution is -2.29. The van der Waals surface area contributed by atoms with Crippen molar-refractivity contribution in [3.63, 3.8) is 0 Å². The number of carbonyl (C=O) groups is 2. The second-order valence-electron chi connectivity index (χ2n) is 4.02. The van der Waals surface area contributed by atoms with Crippen LogP contribution in [-0.2, 0) is 20.3 Å². The summed E-state index contributed by atoms with van der Waals surface area (Å²) < 4.78 is 16.7. The molecule has 6 nitrogen and oxygen atoms in total. The molecular formula is C13H17NO5S. The van der Waals surface area contributed by atoms with E-state index in [1.54, 1.807) is 7.11 Å². The van der Waals surface area contributed by atoms with Crippen LogP contribution >= 0.6 is 0 Å². The standard InChI is InChI=1S/C13H17NO5S/c1-19-8-2-7-14-12(15)9-20(18)11-5-3-10(4-6-11)13(16)17/h3-6H,2,7-9H2,1H3,(H,14,15)(H,16,17). The van der Waals surface area contributed by atoms with Gasteiger partial charge in [-0.05, 0) is 30.7 Å². The topological polar surface area (TPSA) is 92.7 Å². The third-order valence-corrected chi connectivity index (χ3v) is 3.80. The molecule has 1 amide bonds. The van der Waals surface area contributed by atoms with Crippen molar-refractivity contribution in [2.24, 2.45) is 0 Å². The highest BCUT2D eigenvalue weighted by atomic mass is 32.2. The highest BCUT2D eigenvalue weighted by Crippen LogP contribution is 2.09. The lowest BCUT2D eigenvalue weighted by atomic mass is 10.2. The Labute approximate surface area is 119 Å². The van der Waals surface area contributed by atoms with Crippen molar-refractivity contribution in [3.05, 3.63) is 29.8 Å². The number of hydrogen-bond donors (Lipinski definition) is 2. The van der Waals surface area contributed by atoms with Crippen LogP contribution in [0.3, 0.4) is 0 Å². The molecule has 0 aromatic heterocycles. The third kappa shape index (κ3) is 5.50. The number of carbonyl (C=O) groups excluding carboxylic acids is 1. The molecule has 0 saturated heterocycles. The number of ether oxygens (including phenoxy) is 1. The van der Waals surface area contributed by atoms with E-state index in [0.717, 1.165) is 0 Å². The Kier molecular flexibility index (Phi) is 6.89. The van der Waals surface area contributed by atoms with Crippen molar-refractivity contribution in [1.29, 1.82) is 0 Å². The summed E-state index contributed by atoms with van der Waals surface area (Å²) in [5.74, 6) is -1.49. The van der Waals surface area contributed by atoms with Gasteiger partial charge in [-0.3, -0.25) is 9.00 Å². The van der Waals surface area contributed by atoms with Crippen molar-refractivity contribution >= 4 is 22.7 Å². The number of amides is 1. The fourth-order valence-corrected chi connectivity index (χ4v) is 2.39. The summed E-state index contributed by atoms with van der Waals surface area (Å²) in [7, 11) is 0.103. The van der Waals surface area contributed by atoms with Crippen LogP contribution in [0.1, 0.15) is 16.8 Å². The van der Waals surface area contributed by atoms with Gasteiger partial charge >= 0.3 is 5.97 Å². The van der Waals surface area contributed by atoms with E-state index in [2.05, 4.69) is 5.32 Å². The monoisotopic (exact) mass is 299 g/mol. The molecule has 7 heteroatoms. The molecule has 110 valence electrons. The molecule has 0 radical (unpaired) electrons. The van der Waals surface area contributed by atoms with Crippen LogP contribution in [0.4, 0.5) is 0 Å². The van der Waals surface area contributed by atoms with Crippen LogP contribution in [0, 0.1) is 0 Å². The summed E-state index contributed by atoms with van der Waals surface area (Å²) in [5, 5.41) is 11.4. The Morgan fingerprint density at radius 1 is 1.30 bits per heavy atom. The SMILES string of the molecule is COCCCNC(=O)CS(=O)c1ccc(C(=O)O)cc1. The summed E-state index contributed by atoms with van der Waals surface area (Å²) in [6, 6.07) is 5.65. The van der Waals surface area contributed by atoms with E-state index in [1.165, 1.54) is 24.3 Å². The van der Waals surface area contributed by atoms with Gasteiger partial charge in [-0.15, -0.1) is 0 Å². The number of hydrogen-bond acceptors (Lipinski definition) is 4. The van der Waals surface area contributed by atoms with Gasteiger partial charge in [0.2, 0.25) is 5.91 Å². The lowest BCUT2D eigenvalue weighted by molar-refractivity contribution is -0.118. The Morgan fingerprint density at radius 2 is 1.95 bits per heavy atom. The molecule has 1 atom stereocenters. The molecule has 1 unspecified atom stereocenters. The van der Waals surface area contributed by atoms with Crippen LogP contribution < -0.4 is 5.32 Å². The number of carboxylic acid groups (broad SMARTS) is 1. The summed E-state index contributed by atoms with van der Waals surface area (Å²) in [5.41, 5.74) is 0.120. The van der Waals surface area contributed by atoms with Crippen LogP contribution in [0.25, 0.3) is 0 Å². The molecule has 0 heterocycles. The summed E-state index contributed by atoms with van der Waals surface area (Å²) in [6.07, 6.45) is 0.697. The number of aromatic carboxylic acids is 1. The molecule has 0 spiro atoms. The first kappa shape index (κ1) is 16.3.